The van der Waals surface area contributed by atoms with Crippen LogP contribution in [0, 0.1) is 17.0 Å². The number of likely N-dealkylation sites (N-methyl/N-ethyl adjacent to an activating group) is 1. The molecular formula is C10H17N7O3. The number of carbonyl (C=O) groups excluding carboxylic acids is 1. The predicted octanol–water partition coefficient (Wildman–Crippen LogP) is -0.0847. The standard InChI is InChI=1S/C10H17N7O3/c1-4-12-9(18)6(3)13-8-7(17(19)20)5(2)14-10(15-8)16-11/h6H,4,11H2,1-3H3,(H,12,18)(H2,13,14,15,16). The van der Waals surface area contributed by atoms with E-state index in [-0.39, 0.29) is 29.1 Å². The zero-order chi connectivity index (χ0) is 15.3. The molecule has 5 N–H and O–H groups in total. The second-order valence-electron chi connectivity index (χ2n) is 3.99. The van der Waals surface area contributed by atoms with E-state index >= 15 is 0 Å². The van der Waals surface area contributed by atoms with Gasteiger partial charge in [0.2, 0.25) is 17.7 Å². The Balaban J connectivity index is 3.11. The fourth-order valence-electron chi connectivity index (χ4n) is 1.55. The number of anilines is 2. The molecule has 1 rings (SSSR count). The second kappa shape index (κ2) is 6.61. The van der Waals surface area contributed by atoms with Crippen molar-refractivity contribution in [1.82, 2.24) is 15.3 Å². The molecule has 0 spiro atoms. The molecule has 10 heteroatoms. The van der Waals surface area contributed by atoms with Gasteiger partial charge in [0.15, 0.2) is 0 Å². The first-order valence-electron chi connectivity index (χ1n) is 5.94. The van der Waals surface area contributed by atoms with E-state index in [1.165, 1.54) is 6.92 Å². The number of amides is 1. The summed E-state index contributed by atoms with van der Waals surface area (Å²) in [5, 5.41) is 16.3. The third kappa shape index (κ3) is 3.51. The molecule has 110 valence electrons. The first-order valence-corrected chi connectivity index (χ1v) is 5.94. The lowest BCUT2D eigenvalue weighted by Gasteiger charge is -2.15. The number of hydrogen-bond acceptors (Lipinski definition) is 8. The Morgan fingerprint density at radius 3 is 2.65 bits per heavy atom. The lowest BCUT2D eigenvalue weighted by molar-refractivity contribution is -0.385. The first kappa shape index (κ1) is 15.6. The number of carbonyl (C=O) groups is 1. The summed E-state index contributed by atoms with van der Waals surface area (Å²) in [6.45, 7) is 5.27. The van der Waals surface area contributed by atoms with Crippen LogP contribution < -0.4 is 21.9 Å². The van der Waals surface area contributed by atoms with Crippen molar-refractivity contribution in [1.29, 1.82) is 0 Å². The Morgan fingerprint density at radius 2 is 2.15 bits per heavy atom. The molecule has 1 aromatic heterocycles. The van der Waals surface area contributed by atoms with E-state index in [1.807, 2.05) is 0 Å². The van der Waals surface area contributed by atoms with E-state index in [1.54, 1.807) is 13.8 Å². The summed E-state index contributed by atoms with van der Waals surface area (Å²) in [6, 6.07) is -0.687. The molecule has 0 aliphatic rings. The van der Waals surface area contributed by atoms with Gasteiger partial charge < -0.3 is 10.6 Å². The van der Waals surface area contributed by atoms with Crippen LogP contribution in [0.5, 0.6) is 0 Å². The molecule has 0 aliphatic heterocycles. The van der Waals surface area contributed by atoms with Gasteiger partial charge in [0.1, 0.15) is 11.7 Å². The molecule has 1 atom stereocenters. The lowest BCUT2D eigenvalue weighted by Crippen LogP contribution is -2.37. The van der Waals surface area contributed by atoms with Crippen LogP contribution in [0.1, 0.15) is 19.5 Å². The number of hydrogen-bond donors (Lipinski definition) is 4. The molecule has 1 unspecified atom stereocenters. The van der Waals surface area contributed by atoms with Crippen molar-refractivity contribution < 1.29 is 9.72 Å². The van der Waals surface area contributed by atoms with Gasteiger partial charge in [-0.3, -0.25) is 20.3 Å². The van der Waals surface area contributed by atoms with E-state index in [4.69, 9.17) is 5.84 Å². The van der Waals surface area contributed by atoms with Crippen molar-refractivity contribution >= 4 is 23.4 Å². The highest BCUT2D eigenvalue weighted by Crippen LogP contribution is 2.26. The van der Waals surface area contributed by atoms with Crippen molar-refractivity contribution in [3.8, 4) is 0 Å². The minimum Gasteiger partial charge on any atom is -0.355 e. The number of nitrogens with two attached hydrogens (primary N) is 1. The van der Waals surface area contributed by atoms with Gasteiger partial charge in [-0.2, -0.15) is 4.98 Å². The quantitative estimate of drug-likeness (QED) is 0.321. The Bertz CT molecular complexity index is 520. The van der Waals surface area contributed by atoms with Gasteiger partial charge in [0.05, 0.1) is 4.92 Å². The van der Waals surface area contributed by atoms with Crippen LogP contribution in [0.3, 0.4) is 0 Å². The summed E-state index contributed by atoms with van der Waals surface area (Å²) in [5.74, 6) is 4.87. The molecule has 0 aliphatic carbocycles. The van der Waals surface area contributed by atoms with Crippen LogP contribution in [0.15, 0.2) is 0 Å². The topological polar surface area (TPSA) is 148 Å². The zero-order valence-corrected chi connectivity index (χ0v) is 11.4. The first-order chi connectivity index (χ1) is 9.40. The monoisotopic (exact) mass is 283 g/mol. The van der Waals surface area contributed by atoms with E-state index in [2.05, 4.69) is 26.0 Å². The van der Waals surface area contributed by atoms with Crippen LogP contribution in [-0.4, -0.2) is 33.4 Å². The van der Waals surface area contributed by atoms with Crippen LogP contribution in [0.25, 0.3) is 0 Å². The normalized spacial score (nSPS) is 11.6. The van der Waals surface area contributed by atoms with Crippen LogP contribution >= 0.6 is 0 Å². The molecule has 1 heterocycles. The molecule has 1 aromatic rings. The fourth-order valence-corrected chi connectivity index (χ4v) is 1.55. The number of nitrogen functional groups attached to an aromatic ring is 1. The number of nitrogens with one attached hydrogen (secondary N) is 3. The highest BCUT2D eigenvalue weighted by molar-refractivity contribution is 5.84. The fraction of sp³-hybridized carbons (Fsp3) is 0.500. The predicted molar refractivity (Wildman–Crippen MR) is 73.0 cm³/mol. The van der Waals surface area contributed by atoms with E-state index < -0.39 is 11.0 Å². The van der Waals surface area contributed by atoms with E-state index in [9.17, 15) is 14.9 Å². The summed E-state index contributed by atoms with van der Waals surface area (Å²) in [5.41, 5.74) is 2.07. The summed E-state index contributed by atoms with van der Waals surface area (Å²) in [4.78, 5) is 29.8. The minimum atomic E-state index is -0.687. The zero-order valence-electron chi connectivity index (χ0n) is 11.4. The number of rotatable bonds is 6. The highest BCUT2D eigenvalue weighted by Gasteiger charge is 2.24. The Kier molecular flexibility index (Phi) is 5.15. The number of aryl methyl sites for hydroxylation is 1. The minimum absolute atomic E-state index is 0.0266. The van der Waals surface area contributed by atoms with Crippen molar-refractivity contribution in [2.75, 3.05) is 17.3 Å². The molecule has 10 nitrogen and oxygen atoms in total. The van der Waals surface area contributed by atoms with Crippen LogP contribution in [0.2, 0.25) is 0 Å². The molecular weight excluding hydrogens is 266 g/mol. The number of aromatic nitrogens is 2. The molecule has 1 amide bonds. The van der Waals surface area contributed by atoms with Gasteiger partial charge in [0.25, 0.3) is 0 Å². The molecule has 0 radical (unpaired) electrons. The number of hydrazine groups is 1. The van der Waals surface area contributed by atoms with Crippen molar-refractivity contribution in [2.45, 2.75) is 26.8 Å². The molecule has 0 bridgehead atoms. The average molecular weight is 283 g/mol. The SMILES string of the molecule is CCNC(=O)C(C)Nc1nc(NN)nc(C)c1[N+](=O)[O-]. The Morgan fingerprint density at radius 1 is 1.50 bits per heavy atom. The number of nitro groups is 1. The van der Waals surface area contributed by atoms with Gasteiger partial charge in [-0.1, -0.05) is 0 Å². The van der Waals surface area contributed by atoms with Gasteiger partial charge in [-0.15, -0.1) is 0 Å². The highest BCUT2D eigenvalue weighted by atomic mass is 16.6. The third-order valence-electron chi connectivity index (χ3n) is 2.47. The maximum atomic E-state index is 11.6. The maximum Gasteiger partial charge on any atom is 0.332 e. The molecule has 20 heavy (non-hydrogen) atoms. The van der Waals surface area contributed by atoms with E-state index in [0.717, 1.165) is 0 Å². The Labute approximate surface area is 115 Å². The van der Waals surface area contributed by atoms with Crippen molar-refractivity contribution in [3.63, 3.8) is 0 Å². The largest absolute Gasteiger partial charge is 0.355 e. The summed E-state index contributed by atoms with van der Waals surface area (Å²) < 4.78 is 0. The van der Waals surface area contributed by atoms with Gasteiger partial charge in [0, 0.05) is 6.54 Å². The summed E-state index contributed by atoms with van der Waals surface area (Å²) >= 11 is 0. The number of nitrogens with zero attached hydrogens (tertiary/aromatic N) is 3. The van der Waals surface area contributed by atoms with Crippen LogP contribution in [0.4, 0.5) is 17.5 Å². The molecule has 0 aromatic carbocycles. The summed E-state index contributed by atoms with van der Waals surface area (Å²) in [7, 11) is 0. The van der Waals surface area contributed by atoms with Crippen molar-refractivity contribution in [3.05, 3.63) is 15.8 Å². The lowest BCUT2D eigenvalue weighted by atomic mass is 10.3. The molecule has 0 fully saturated rings. The van der Waals surface area contributed by atoms with Crippen LogP contribution in [-0.2, 0) is 4.79 Å². The molecule has 0 saturated carbocycles. The summed E-state index contributed by atoms with van der Waals surface area (Å²) in [6.07, 6.45) is 0. The van der Waals surface area contributed by atoms with Gasteiger partial charge >= 0.3 is 5.69 Å². The maximum absolute atomic E-state index is 11.6. The Hall–Kier alpha value is -2.49. The molecule has 0 saturated heterocycles. The second-order valence-corrected chi connectivity index (χ2v) is 3.99. The third-order valence-corrected chi connectivity index (χ3v) is 2.47. The van der Waals surface area contributed by atoms with Crippen molar-refractivity contribution in [2.24, 2.45) is 5.84 Å². The van der Waals surface area contributed by atoms with E-state index in [0.29, 0.717) is 6.54 Å². The average Bonchev–Trinajstić information content (AvgIpc) is 2.37. The van der Waals surface area contributed by atoms with Gasteiger partial charge in [-0.25, -0.2) is 10.8 Å². The smallest absolute Gasteiger partial charge is 0.332 e. The van der Waals surface area contributed by atoms with Gasteiger partial charge in [-0.05, 0) is 20.8 Å².